The van der Waals surface area contributed by atoms with Gasteiger partial charge in [0.15, 0.2) is 0 Å². The number of aromatic nitrogens is 4. The number of Topliss-reactive ketones (excluding diaryl/α,β-unsaturated/α-hetero) is 1. The van der Waals surface area contributed by atoms with Gasteiger partial charge < -0.3 is 0 Å². The number of carbonyl (C=O) groups is 1. The maximum absolute atomic E-state index is 10.9. The molecule has 1 aliphatic rings. The first kappa shape index (κ1) is 10.6. The minimum absolute atomic E-state index is 0.154. The Hall–Kier alpha value is -0.910. The van der Waals surface area contributed by atoms with Gasteiger partial charge in [-0.25, -0.2) is 4.68 Å². The molecule has 6 heteroatoms. The van der Waals surface area contributed by atoms with Gasteiger partial charge in [-0.2, -0.15) is 0 Å². The third-order valence-corrected chi connectivity index (χ3v) is 3.62. The summed E-state index contributed by atoms with van der Waals surface area (Å²) in [6, 6.07) is 0.439. The zero-order valence-electron chi connectivity index (χ0n) is 8.72. The van der Waals surface area contributed by atoms with Crippen LogP contribution in [-0.4, -0.2) is 31.7 Å². The van der Waals surface area contributed by atoms with Crippen LogP contribution in [0.2, 0.25) is 0 Å². The monoisotopic (exact) mass is 226 g/mol. The molecular formula is C9H14N4OS. The Balaban J connectivity index is 2.04. The number of carbonyl (C=O) groups excluding carboxylic acids is 1. The molecule has 0 N–H and O–H groups in total. The summed E-state index contributed by atoms with van der Waals surface area (Å²) < 4.78 is 1.88. The predicted octanol–water partition coefficient (Wildman–Crippen LogP) is 1.47. The summed E-state index contributed by atoms with van der Waals surface area (Å²) in [5.41, 5.74) is 0. The van der Waals surface area contributed by atoms with Crippen LogP contribution in [0.25, 0.3) is 0 Å². The first-order valence-electron chi connectivity index (χ1n) is 5.17. The molecule has 1 aliphatic carbocycles. The van der Waals surface area contributed by atoms with Crippen LogP contribution in [0.3, 0.4) is 0 Å². The highest BCUT2D eigenvalue weighted by atomic mass is 32.2. The van der Waals surface area contributed by atoms with Gasteiger partial charge in [0.05, 0.1) is 11.8 Å². The average Bonchev–Trinajstić information content (AvgIpc) is 2.85. The highest BCUT2D eigenvalue weighted by molar-refractivity contribution is 7.99. The lowest BCUT2D eigenvalue weighted by Crippen LogP contribution is -2.09. The zero-order chi connectivity index (χ0) is 10.7. The van der Waals surface area contributed by atoms with Gasteiger partial charge in [-0.15, -0.1) is 5.10 Å². The van der Waals surface area contributed by atoms with Gasteiger partial charge in [0, 0.05) is 0 Å². The number of tetrazole rings is 1. The maximum Gasteiger partial charge on any atom is 0.210 e. The molecular weight excluding hydrogens is 212 g/mol. The van der Waals surface area contributed by atoms with E-state index in [1.54, 1.807) is 6.92 Å². The lowest BCUT2D eigenvalue weighted by atomic mass is 10.3. The fourth-order valence-electron chi connectivity index (χ4n) is 1.82. The largest absolute Gasteiger partial charge is 0.299 e. The molecule has 0 bridgehead atoms. The van der Waals surface area contributed by atoms with Gasteiger partial charge in [-0.1, -0.05) is 24.6 Å². The molecule has 5 nitrogen and oxygen atoms in total. The van der Waals surface area contributed by atoms with Crippen LogP contribution in [0.5, 0.6) is 0 Å². The van der Waals surface area contributed by atoms with Crippen molar-refractivity contribution in [3.05, 3.63) is 0 Å². The fourth-order valence-corrected chi connectivity index (χ4v) is 2.57. The SMILES string of the molecule is CC(=O)CSc1nnnn1C1CCCC1. The molecule has 0 spiro atoms. The summed E-state index contributed by atoms with van der Waals surface area (Å²) in [7, 11) is 0. The molecule has 15 heavy (non-hydrogen) atoms. The normalized spacial score (nSPS) is 17.1. The fraction of sp³-hybridized carbons (Fsp3) is 0.778. The van der Waals surface area contributed by atoms with E-state index >= 15 is 0 Å². The molecule has 1 aromatic heterocycles. The Morgan fingerprint density at radius 2 is 2.27 bits per heavy atom. The van der Waals surface area contributed by atoms with Crippen LogP contribution in [0.1, 0.15) is 38.6 Å². The van der Waals surface area contributed by atoms with E-state index in [1.807, 2.05) is 4.68 Å². The molecule has 1 fully saturated rings. The topological polar surface area (TPSA) is 60.7 Å². The average molecular weight is 226 g/mol. The van der Waals surface area contributed by atoms with Crippen molar-refractivity contribution in [3.8, 4) is 0 Å². The number of hydrogen-bond donors (Lipinski definition) is 0. The minimum Gasteiger partial charge on any atom is -0.299 e. The van der Waals surface area contributed by atoms with Gasteiger partial charge >= 0.3 is 0 Å². The lowest BCUT2D eigenvalue weighted by molar-refractivity contribution is -0.114. The molecule has 2 rings (SSSR count). The Labute approximate surface area is 92.6 Å². The van der Waals surface area contributed by atoms with Gasteiger partial charge in [-0.05, 0) is 30.2 Å². The summed E-state index contributed by atoms with van der Waals surface area (Å²) in [6.07, 6.45) is 4.81. The summed E-state index contributed by atoms with van der Waals surface area (Å²) in [5, 5.41) is 12.4. The highest BCUT2D eigenvalue weighted by Crippen LogP contribution is 2.31. The van der Waals surface area contributed by atoms with E-state index in [0.717, 1.165) is 18.0 Å². The Morgan fingerprint density at radius 1 is 1.53 bits per heavy atom. The first-order chi connectivity index (χ1) is 7.27. The first-order valence-corrected chi connectivity index (χ1v) is 6.16. The third kappa shape index (κ3) is 2.56. The van der Waals surface area contributed by atoms with Crippen molar-refractivity contribution >= 4 is 17.5 Å². The van der Waals surface area contributed by atoms with Gasteiger partial charge in [0.25, 0.3) is 0 Å². The number of rotatable bonds is 4. The third-order valence-electron chi connectivity index (χ3n) is 2.54. The lowest BCUT2D eigenvalue weighted by Gasteiger charge is -2.09. The quantitative estimate of drug-likeness (QED) is 0.727. The second-order valence-corrected chi connectivity index (χ2v) is 4.78. The second-order valence-electron chi connectivity index (χ2n) is 3.83. The van der Waals surface area contributed by atoms with Crippen LogP contribution in [-0.2, 0) is 4.79 Å². The minimum atomic E-state index is 0.154. The smallest absolute Gasteiger partial charge is 0.210 e. The van der Waals surface area contributed by atoms with Crippen molar-refractivity contribution in [3.63, 3.8) is 0 Å². The van der Waals surface area contributed by atoms with Gasteiger partial charge in [0.1, 0.15) is 5.78 Å². The number of hydrogen-bond acceptors (Lipinski definition) is 5. The van der Waals surface area contributed by atoms with Crippen LogP contribution in [0, 0.1) is 0 Å². The van der Waals surface area contributed by atoms with Crippen LogP contribution < -0.4 is 0 Å². The summed E-state index contributed by atoms with van der Waals surface area (Å²) in [4.78, 5) is 10.9. The zero-order valence-corrected chi connectivity index (χ0v) is 9.53. The van der Waals surface area contributed by atoms with E-state index in [2.05, 4.69) is 15.5 Å². The van der Waals surface area contributed by atoms with E-state index in [4.69, 9.17) is 0 Å². The molecule has 0 aromatic carbocycles. The molecule has 1 aromatic rings. The van der Waals surface area contributed by atoms with Crippen LogP contribution in [0.15, 0.2) is 5.16 Å². The molecule has 0 radical (unpaired) electrons. The Kier molecular flexibility index (Phi) is 3.35. The van der Waals surface area contributed by atoms with E-state index < -0.39 is 0 Å². The van der Waals surface area contributed by atoms with E-state index in [9.17, 15) is 4.79 Å². The van der Waals surface area contributed by atoms with Crippen LogP contribution >= 0.6 is 11.8 Å². The van der Waals surface area contributed by atoms with Crippen molar-refractivity contribution < 1.29 is 4.79 Å². The van der Waals surface area contributed by atoms with Crippen LogP contribution in [0.4, 0.5) is 0 Å². The molecule has 0 saturated heterocycles. The molecule has 0 amide bonds. The summed E-state index contributed by atoms with van der Waals surface area (Å²) in [6.45, 7) is 1.58. The highest BCUT2D eigenvalue weighted by Gasteiger charge is 2.21. The number of nitrogens with zero attached hydrogens (tertiary/aromatic N) is 4. The molecule has 1 heterocycles. The van der Waals surface area contributed by atoms with Crippen molar-refractivity contribution in [2.45, 2.75) is 43.8 Å². The predicted molar refractivity (Wildman–Crippen MR) is 56.7 cm³/mol. The molecule has 0 atom stereocenters. The summed E-state index contributed by atoms with van der Waals surface area (Å²) in [5.74, 6) is 0.605. The van der Waals surface area contributed by atoms with E-state index in [0.29, 0.717) is 11.8 Å². The van der Waals surface area contributed by atoms with Gasteiger partial charge in [-0.3, -0.25) is 4.79 Å². The van der Waals surface area contributed by atoms with Crippen molar-refractivity contribution in [1.29, 1.82) is 0 Å². The molecule has 1 saturated carbocycles. The Morgan fingerprint density at radius 3 is 2.93 bits per heavy atom. The summed E-state index contributed by atoms with van der Waals surface area (Å²) >= 11 is 1.43. The standard InChI is InChI=1S/C9H14N4OS/c1-7(14)6-15-9-10-11-12-13(9)8-4-2-3-5-8/h8H,2-6H2,1H3. The Bertz CT molecular complexity index is 346. The number of thioether (sulfide) groups is 1. The molecule has 0 unspecified atom stereocenters. The van der Waals surface area contributed by atoms with E-state index in [-0.39, 0.29) is 5.78 Å². The number of ketones is 1. The maximum atomic E-state index is 10.9. The van der Waals surface area contributed by atoms with Crippen molar-refractivity contribution in [2.24, 2.45) is 0 Å². The molecule has 0 aliphatic heterocycles. The van der Waals surface area contributed by atoms with E-state index in [1.165, 1.54) is 24.6 Å². The van der Waals surface area contributed by atoms with Gasteiger partial charge in [0.2, 0.25) is 5.16 Å². The second kappa shape index (κ2) is 4.74. The van der Waals surface area contributed by atoms with Crippen molar-refractivity contribution in [1.82, 2.24) is 20.2 Å². The van der Waals surface area contributed by atoms with Crippen molar-refractivity contribution in [2.75, 3.05) is 5.75 Å². The molecule has 82 valence electrons.